The van der Waals surface area contributed by atoms with Crippen LogP contribution in [0.2, 0.25) is 0 Å². The molecule has 1 aromatic heterocycles. The molecule has 0 saturated carbocycles. The molecule has 7 heteroatoms. The Morgan fingerprint density at radius 3 is 3.00 bits per heavy atom. The second kappa shape index (κ2) is 6.66. The molecule has 1 atom stereocenters. The summed E-state index contributed by atoms with van der Waals surface area (Å²) >= 11 is 0. The van der Waals surface area contributed by atoms with Gasteiger partial charge in [-0.25, -0.2) is 4.39 Å². The first-order valence-electron chi connectivity index (χ1n) is 7.57. The Kier molecular flexibility index (Phi) is 4.41. The van der Waals surface area contributed by atoms with Crippen molar-refractivity contribution < 1.29 is 14.0 Å². The number of aryl methyl sites for hydroxylation is 1. The van der Waals surface area contributed by atoms with Crippen LogP contribution in [0.3, 0.4) is 0 Å². The summed E-state index contributed by atoms with van der Waals surface area (Å²) in [4.78, 5) is 29.0. The van der Waals surface area contributed by atoms with Crippen LogP contribution in [0.15, 0.2) is 52.5 Å². The molecule has 2 aromatic rings. The summed E-state index contributed by atoms with van der Waals surface area (Å²) in [5.74, 6) is -0.739. The van der Waals surface area contributed by atoms with Crippen LogP contribution in [0.1, 0.15) is 18.9 Å². The lowest BCUT2D eigenvalue weighted by atomic mass is 10.0. The van der Waals surface area contributed by atoms with Gasteiger partial charge in [0.15, 0.2) is 0 Å². The molecule has 0 radical (unpaired) electrons. The number of benzene rings is 1. The number of oxime groups is 1. The van der Waals surface area contributed by atoms with Gasteiger partial charge in [-0.1, -0.05) is 17.3 Å². The molecule has 0 spiro atoms. The lowest BCUT2D eigenvalue weighted by Gasteiger charge is -2.11. The highest BCUT2D eigenvalue weighted by atomic mass is 19.1. The smallest absolute Gasteiger partial charge is 0.268 e. The maximum atomic E-state index is 13.3. The van der Waals surface area contributed by atoms with Crippen LogP contribution in [-0.4, -0.2) is 22.3 Å². The number of amides is 1. The number of halogens is 1. The molecule has 0 fully saturated rings. The Labute approximate surface area is 137 Å². The number of rotatable bonds is 4. The highest BCUT2D eigenvalue weighted by molar-refractivity contribution is 6.06. The monoisotopic (exact) mass is 329 g/mol. The number of pyridine rings is 1. The number of carbonyl (C=O) groups is 1. The van der Waals surface area contributed by atoms with Gasteiger partial charge in [0, 0.05) is 30.8 Å². The Balaban J connectivity index is 1.66. The van der Waals surface area contributed by atoms with E-state index < -0.39 is 6.10 Å². The van der Waals surface area contributed by atoms with Crippen LogP contribution < -0.4 is 10.9 Å². The van der Waals surface area contributed by atoms with Crippen LogP contribution in [0, 0.1) is 5.82 Å². The van der Waals surface area contributed by atoms with E-state index in [0.29, 0.717) is 23.5 Å². The van der Waals surface area contributed by atoms with E-state index in [9.17, 15) is 14.0 Å². The van der Waals surface area contributed by atoms with Crippen molar-refractivity contribution in [3.05, 3.63) is 64.3 Å². The van der Waals surface area contributed by atoms with Crippen molar-refractivity contribution in [3.63, 3.8) is 0 Å². The first-order chi connectivity index (χ1) is 11.6. The minimum absolute atomic E-state index is 0.135. The van der Waals surface area contributed by atoms with Crippen LogP contribution >= 0.6 is 0 Å². The molecular formula is C17H16FN3O3. The fourth-order valence-electron chi connectivity index (χ4n) is 2.43. The van der Waals surface area contributed by atoms with Gasteiger partial charge in [-0.15, -0.1) is 0 Å². The zero-order valence-corrected chi connectivity index (χ0v) is 13.0. The number of anilines is 1. The zero-order valence-electron chi connectivity index (χ0n) is 13.0. The quantitative estimate of drug-likeness (QED) is 0.934. The molecule has 6 nitrogen and oxygen atoms in total. The summed E-state index contributed by atoms with van der Waals surface area (Å²) in [6.07, 6.45) is 1.04. The number of hydrogen-bond donors (Lipinski definition) is 1. The van der Waals surface area contributed by atoms with Gasteiger partial charge in [-0.3, -0.25) is 9.59 Å². The summed E-state index contributed by atoms with van der Waals surface area (Å²) in [6.45, 7) is 2.35. The van der Waals surface area contributed by atoms with Crippen LogP contribution in [0.4, 0.5) is 10.1 Å². The van der Waals surface area contributed by atoms with Gasteiger partial charge in [0.05, 0.1) is 11.4 Å². The molecule has 0 bridgehead atoms. The number of carbonyl (C=O) groups excluding carboxylic acids is 1. The minimum Gasteiger partial charge on any atom is -0.382 e. The predicted octanol–water partition coefficient (Wildman–Crippen LogP) is 2.14. The van der Waals surface area contributed by atoms with Crippen LogP contribution in [0.25, 0.3) is 0 Å². The Morgan fingerprint density at radius 1 is 1.42 bits per heavy atom. The number of hydrogen-bond acceptors (Lipinski definition) is 4. The summed E-state index contributed by atoms with van der Waals surface area (Å²) in [5, 5.41) is 6.57. The van der Waals surface area contributed by atoms with Gasteiger partial charge >= 0.3 is 0 Å². The topological polar surface area (TPSA) is 72.7 Å². The van der Waals surface area contributed by atoms with Gasteiger partial charge in [0.1, 0.15) is 5.82 Å². The third kappa shape index (κ3) is 3.34. The van der Waals surface area contributed by atoms with Gasteiger partial charge in [0.25, 0.3) is 11.5 Å². The van der Waals surface area contributed by atoms with Gasteiger partial charge < -0.3 is 14.7 Å². The van der Waals surface area contributed by atoms with Crippen molar-refractivity contribution >= 4 is 17.3 Å². The summed E-state index contributed by atoms with van der Waals surface area (Å²) in [5.41, 5.74) is 1.48. The third-order valence-corrected chi connectivity index (χ3v) is 3.71. The predicted molar refractivity (Wildman–Crippen MR) is 87.4 cm³/mol. The summed E-state index contributed by atoms with van der Waals surface area (Å²) in [6, 6.07) is 8.91. The highest BCUT2D eigenvalue weighted by Gasteiger charge is 2.29. The molecule has 124 valence electrons. The van der Waals surface area contributed by atoms with Gasteiger partial charge in [-0.05, 0) is 25.1 Å². The SMILES string of the molecule is CCn1cc(NC(=O)C2CC(c3cccc(F)c3)=NO2)ccc1=O. The van der Waals surface area contributed by atoms with Crippen molar-refractivity contribution in [2.75, 3.05) is 5.32 Å². The molecular weight excluding hydrogens is 313 g/mol. The molecule has 0 aliphatic carbocycles. The lowest BCUT2D eigenvalue weighted by Crippen LogP contribution is -2.29. The Bertz CT molecular complexity index is 860. The van der Waals surface area contributed by atoms with Gasteiger partial charge in [0.2, 0.25) is 6.10 Å². The highest BCUT2D eigenvalue weighted by Crippen LogP contribution is 2.19. The maximum Gasteiger partial charge on any atom is 0.268 e. The number of nitrogens with zero attached hydrogens (tertiary/aromatic N) is 2. The summed E-state index contributed by atoms with van der Waals surface area (Å²) < 4.78 is 14.8. The standard InChI is InChI=1S/C17H16FN3O3/c1-2-21-10-13(6-7-16(21)22)19-17(23)15-9-14(20-24-15)11-4-3-5-12(18)8-11/h3-8,10,15H,2,9H2,1H3,(H,19,23). The zero-order chi connectivity index (χ0) is 17.1. The molecule has 1 aromatic carbocycles. The summed E-state index contributed by atoms with van der Waals surface area (Å²) in [7, 11) is 0. The molecule has 1 unspecified atom stereocenters. The average Bonchev–Trinajstić information content (AvgIpc) is 3.07. The second-order valence-electron chi connectivity index (χ2n) is 5.38. The molecule has 2 heterocycles. The fraction of sp³-hybridized carbons (Fsp3) is 0.235. The molecule has 3 rings (SSSR count). The van der Waals surface area contributed by atoms with Crippen LogP contribution in [0.5, 0.6) is 0 Å². The van der Waals surface area contributed by atoms with E-state index >= 15 is 0 Å². The van der Waals surface area contributed by atoms with E-state index in [-0.39, 0.29) is 23.7 Å². The lowest BCUT2D eigenvalue weighted by molar-refractivity contribution is -0.125. The molecule has 1 amide bonds. The first kappa shape index (κ1) is 15.9. The Hall–Kier alpha value is -2.96. The van der Waals surface area contributed by atoms with Crippen LogP contribution in [-0.2, 0) is 16.2 Å². The second-order valence-corrected chi connectivity index (χ2v) is 5.38. The van der Waals surface area contributed by atoms with E-state index in [1.807, 2.05) is 6.92 Å². The molecule has 1 aliphatic rings. The van der Waals surface area contributed by atoms with E-state index in [4.69, 9.17) is 4.84 Å². The minimum atomic E-state index is -0.787. The molecule has 24 heavy (non-hydrogen) atoms. The normalized spacial score (nSPS) is 16.4. The fourth-order valence-corrected chi connectivity index (χ4v) is 2.43. The van der Waals surface area contributed by atoms with Crippen molar-refractivity contribution in [2.45, 2.75) is 26.0 Å². The number of nitrogens with one attached hydrogen (secondary N) is 1. The van der Waals surface area contributed by atoms with Crippen molar-refractivity contribution in [2.24, 2.45) is 5.16 Å². The van der Waals surface area contributed by atoms with Gasteiger partial charge in [-0.2, -0.15) is 0 Å². The van der Waals surface area contributed by atoms with Crippen molar-refractivity contribution in [1.82, 2.24) is 4.57 Å². The van der Waals surface area contributed by atoms with E-state index in [1.165, 1.54) is 28.8 Å². The maximum absolute atomic E-state index is 13.3. The van der Waals surface area contributed by atoms with Crippen molar-refractivity contribution in [1.29, 1.82) is 0 Å². The Morgan fingerprint density at radius 2 is 2.25 bits per heavy atom. The number of aromatic nitrogens is 1. The molecule has 0 saturated heterocycles. The van der Waals surface area contributed by atoms with Crippen molar-refractivity contribution in [3.8, 4) is 0 Å². The third-order valence-electron chi connectivity index (χ3n) is 3.71. The van der Waals surface area contributed by atoms with E-state index in [1.54, 1.807) is 18.3 Å². The van der Waals surface area contributed by atoms with E-state index in [0.717, 1.165) is 0 Å². The largest absolute Gasteiger partial charge is 0.382 e. The molecule has 1 N–H and O–H groups in total. The average molecular weight is 329 g/mol. The van der Waals surface area contributed by atoms with E-state index in [2.05, 4.69) is 10.5 Å². The molecule has 1 aliphatic heterocycles. The first-order valence-corrected chi connectivity index (χ1v) is 7.57.